The van der Waals surface area contributed by atoms with Crippen molar-refractivity contribution in [3.8, 4) is 5.75 Å². The van der Waals surface area contributed by atoms with Crippen LogP contribution in [0.2, 0.25) is 0 Å². The molecule has 0 saturated carbocycles. The predicted octanol–water partition coefficient (Wildman–Crippen LogP) is 2.53. The van der Waals surface area contributed by atoms with Gasteiger partial charge in [0, 0.05) is 17.2 Å². The van der Waals surface area contributed by atoms with E-state index in [1.807, 2.05) is 6.92 Å². The number of fused-ring (bicyclic) bond motifs is 1. The highest BCUT2D eigenvalue weighted by Gasteiger charge is 2.40. The van der Waals surface area contributed by atoms with Crippen LogP contribution < -0.4 is 9.64 Å². The topological polar surface area (TPSA) is 63.7 Å². The van der Waals surface area contributed by atoms with Crippen molar-refractivity contribution in [3.63, 3.8) is 0 Å². The quantitative estimate of drug-likeness (QED) is 0.804. The van der Waals surface area contributed by atoms with Gasteiger partial charge in [0.15, 0.2) is 5.60 Å². The van der Waals surface area contributed by atoms with Gasteiger partial charge < -0.3 is 9.64 Å². The highest BCUT2D eigenvalue weighted by atomic mass is 35.7. The highest BCUT2D eigenvalue weighted by molar-refractivity contribution is 8.13. The van der Waals surface area contributed by atoms with E-state index in [0.717, 1.165) is 6.42 Å². The van der Waals surface area contributed by atoms with Crippen LogP contribution in [-0.4, -0.2) is 26.5 Å². The van der Waals surface area contributed by atoms with Gasteiger partial charge >= 0.3 is 0 Å². The Morgan fingerprint density at radius 3 is 2.55 bits per heavy atom. The average molecular weight is 318 g/mol. The van der Waals surface area contributed by atoms with Crippen LogP contribution >= 0.6 is 10.7 Å². The van der Waals surface area contributed by atoms with Crippen molar-refractivity contribution in [1.29, 1.82) is 0 Å². The van der Waals surface area contributed by atoms with Gasteiger partial charge in [-0.15, -0.1) is 0 Å². The molecule has 7 heteroatoms. The van der Waals surface area contributed by atoms with E-state index in [4.69, 9.17) is 15.4 Å². The third-order valence-corrected chi connectivity index (χ3v) is 4.43. The zero-order valence-corrected chi connectivity index (χ0v) is 13.1. The minimum atomic E-state index is -3.84. The van der Waals surface area contributed by atoms with Crippen LogP contribution in [0.25, 0.3) is 0 Å². The Labute approximate surface area is 122 Å². The van der Waals surface area contributed by atoms with Gasteiger partial charge in [0.25, 0.3) is 15.0 Å². The first kappa shape index (κ1) is 15.1. The molecule has 0 atom stereocenters. The van der Waals surface area contributed by atoms with E-state index in [2.05, 4.69) is 0 Å². The fraction of sp³-hybridized carbons (Fsp3) is 0.462. The van der Waals surface area contributed by atoms with E-state index < -0.39 is 14.7 Å². The second-order valence-corrected chi connectivity index (χ2v) is 7.70. The molecule has 1 heterocycles. The molecule has 0 aliphatic carbocycles. The SMILES string of the molecule is CCCN1C(=O)C(C)(C)Oc2ccc(S(=O)(=O)Cl)cc21. The van der Waals surface area contributed by atoms with Crippen molar-refractivity contribution in [2.45, 2.75) is 37.7 Å². The van der Waals surface area contributed by atoms with Gasteiger partial charge in [-0.3, -0.25) is 4.79 Å². The van der Waals surface area contributed by atoms with Crippen LogP contribution in [0.15, 0.2) is 23.1 Å². The van der Waals surface area contributed by atoms with Crippen molar-refractivity contribution < 1.29 is 17.9 Å². The summed E-state index contributed by atoms with van der Waals surface area (Å²) in [6.45, 7) is 5.81. The summed E-state index contributed by atoms with van der Waals surface area (Å²) in [6.07, 6.45) is 0.749. The first-order chi connectivity index (χ1) is 9.16. The van der Waals surface area contributed by atoms with Crippen LogP contribution in [0.3, 0.4) is 0 Å². The lowest BCUT2D eigenvalue weighted by molar-refractivity contribution is -0.132. The van der Waals surface area contributed by atoms with Crippen LogP contribution in [0, 0.1) is 0 Å². The summed E-state index contributed by atoms with van der Waals surface area (Å²) in [4.78, 5) is 13.9. The predicted molar refractivity (Wildman–Crippen MR) is 76.8 cm³/mol. The summed E-state index contributed by atoms with van der Waals surface area (Å²) in [5.74, 6) is 0.281. The fourth-order valence-corrected chi connectivity index (χ4v) is 2.92. The molecule has 2 rings (SSSR count). The van der Waals surface area contributed by atoms with Crippen molar-refractivity contribution in [2.75, 3.05) is 11.4 Å². The summed E-state index contributed by atoms with van der Waals surface area (Å²) in [7, 11) is 1.50. The first-order valence-electron chi connectivity index (χ1n) is 6.26. The van der Waals surface area contributed by atoms with Gasteiger partial charge in [0.05, 0.1) is 10.6 Å². The van der Waals surface area contributed by atoms with Crippen molar-refractivity contribution >= 4 is 31.3 Å². The number of hydrogen-bond acceptors (Lipinski definition) is 4. The number of anilines is 1. The summed E-state index contributed by atoms with van der Waals surface area (Å²) in [5.41, 5.74) is -0.526. The number of carbonyl (C=O) groups excluding carboxylic acids is 1. The lowest BCUT2D eigenvalue weighted by atomic mass is 10.0. The second kappa shape index (κ2) is 4.93. The van der Waals surface area contributed by atoms with Crippen LogP contribution in [0.5, 0.6) is 5.75 Å². The maximum Gasteiger partial charge on any atom is 0.270 e. The number of ether oxygens (including phenoxy) is 1. The van der Waals surface area contributed by atoms with Gasteiger partial charge in [-0.05, 0) is 38.5 Å². The van der Waals surface area contributed by atoms with Gasteiger partial charge in [0.1, 0.15) is 5.75 Å². The molecule has 0 saturated heterocycles. The van der Waals surface area contributed by atoms with Crippen LogP contribution in [-0.2, 0) is 13.8 Å². The zero-order chi connectivity index (χ0) is 15.1. The number of benzene rings is 1. The third-order valence-electron chi connectivity index (χ3n) is 3.08. The average Bonchev–Trinajstić information content (AvgIpc) is 2.33. The van der Waals surface area contributed by atoms with E-state index in [1.165, 1.54) is 18.2 Å². The van der Waals surface area contributed by atoms with Gasteiger partial charge in [0.2, 0.25) is 0 Å². The Bertz CT molecular complexity index is 654. The Kier molecular flexibility index (Phi) is 3.73. The maximum absolute atomic E-state index is 12.4. The molecule has 0 N–H and O–H groups in total. The summed E-state index contributed by atoms with van der Waals surface area (Å²) in [5, 5.41) is 0. The number of amides is 1. The molecule has 20 heavy (non-hydrogen) atoms. The molecule has 1 aromatic carbocycles. The molecule has 0 unspecified atom stereocenters. The van der Waals surface area contributed by atoms with E-state index in [-0.39, 0.29) is 10.8 Å². The Hall–Kier alpha value is -1.27. The van der Waals surface area contributed by atoms with E-state index in [9.17, 15) is 13.2 Å². The van der Waals surface area contributed by atoms with Crippen molar-refractivity contribution in [3.05, 3.63) is 18.2 Å². The van der Waals surface area contributed by atoms with E-state index in [0.29, 0.717) is 18.0 Å². The molecule has 1 aliphatic rings. The van der Waals surface area contributed by atoms with E-state index >= 15 is 0 Å². The Morgan fingerprint density at radius 1 is 1.35 bits per heavy atom. The first-order valence-corrected chi connectivity index (χ1v) is 8.57. The number of halogens is 1. The normalized spacial score (nSPS) is 17.6. The molecule has 0 radical (unpaired) electrons. The van der Waals surface area contributed by atoms with Crippen LogP contribution in [0.1, 0.15) is 27.2 Å². The largest absolute Gasteiger partial charge is 0.476 e. The number of rotatable bonds is 3. The summed E-state index contributed by atoms with van der Waals surface area (Å²) >= 11 is 0. The minimum absolute atomic E-state index is 0.0462. The molecule has 1 aromatic rings. The van der Waals surface area contributed by atoms with Gasteiger partial charge in [-0.1, -0.05) is 6.92 Å². The third kappa shape index (κ3) is 2.62. The monoisotopic (exact) mass is 317 g/mol. The smallest absolute Gasteiger partial charge is 0.270 e. The summed E-state index contributed by atoms with van der Waals surface area (Å²) in [6, 6.07) is 4.28. The maximum atomic E-state index is 12.4. The molecule has 1 amide bonds. The number of carbonyl (C=O) groups is 1. The number of nitrogens with zero attached hydrogens (tertiary/aromatic N) is 1. The molecular weight excluding hydrogens is 302 g/mol. The molecule has 1 aliphatic heterocycles. The van der Waals surface area contributed by atoms with Gasteiger partial charge in [-0.2, -0.15) is 0 Å². The lowest BCUT2D eigenvalue weighted by Crippen LogP contribution is -2.52. The van der Waals surface area contributed by atoms with Crippen molar-refractivity contribution in [2.24, 2.45) is 0 Å². The molecule has 0 bridgehead atoms. The Balaban J connectivity index is 2.59. The minimum Gasteiger partial charge on any atom is -0.476 e. The molecule has 0 spiro atoms. The zero-order valence-electron chi connectivity index (χ0n) is 11.5. The fourth-order valence-electron chi connectivity index (χ4n) is 2.14. The van der Waals surface area contributed by atoms with Crippen molar-refractivity contribution in [1.82, 2.24) is 0 Å². The van der Waals surface area contributed by atoms with Gasteiger partial charge in [-0.25, -0.2) is 8.42 Å². The highest BCUT2D eigenvalue weighted by Crippen LogP contribution is 2.39. The standard InChI is InChI=1S/C13H16ClNO4S/c1-4-7-15-10-8-9(20(14,17)18)5-6-11(10)19-13(2,3)12(15)16/h5-6,8H,4,7H2,1-3H3. The molecule has 5 nitrogen and oxygen atoms in total. The summed E-state index contributed by atoms with van der Waals surface area (Å²) < 4.78 is 28.5. The Morgan fingerprint density at radius 2 is 2.00 bits per heavy atom. The second-order valence-electron chi connectivity index (χ2n) is 5.14. The molecule has 110 valence electrons. The van der Waals surface area contributed by atoms with Crippen LogP contribution in [0.4, 0.5) is 5.69 Å². The molecule has 0 fully saturated rings. The molecule has 0 aromatic heterocycles. The molecular formula is C13H16ClNO4S. The van der Waals surface area contributed by atoms with E-state index in [1.54, 1.807) is 18.7 Å². The number of hydrogen-bond donors (Lipinski definition) is 0. The lowest BCUT2D eigenvalue weighted by Gasteiger charge is -2.38.